The van der Waals surface area contributed by atoms with Gasteiger partial charge in [-0.3, -0.25) is 0 Å². The Morgan fingerprint density at radius 2 is 1.39 bits per heavy atom. The fraction of sp³-hybridized carbons (Fsp3) is 0.0417. The zero-order valence-corrected chi connectivity index (χ0v) is 19.2. The minimum atomic E-state index is -4.01. The number of rotatable bonds is 7. The monoisotopic (exact) mass is 480 g/mol. The number of nitrogens with one attached hydrogen (secondary N) is 1. The van der Waals surface area contributed by atoms with Gasteiger partial charge in [0.1, 0.15) is 10.6 Å². The van der Waals surface area contributed by atoms with E-state index in [1.54, 1.807) is 36.4 Å². The van der Waals surface area contributed by atoms with Gasteiger partial charge in [0, 0.05) is 0 Å². The first kappa shape index (κ1) is 22.5. The van der Waals surface area contributed by atoms with E-state index in [1.165, 1.54) is 36.5 Å². The highest BCUT2D eigenvalue weighted by Gasteiger charge is 2.17. The lowest BCUT2D eigenvalue weighted by atomic mass is 10.1. The molecule has 0 fully saturated rings. The fourth-order valence-electron chi connectivity index (χ4n) is 3.05. The molecule has 0 bridgehead atoms. The first-order chi connectivity index (χ1) is 15.7. The van der Waals surface area contributed by atoms with Gasteiger partial charge < -0.3 is 4.18 Å². The van der Waals surface area contributed by atoms with Gasteiger partial charge >= 0.3 is 10.1 Å². The van der Waals surface area contributed by atoms with Crippen LogP contribution in [0.4, 0.5) is 0 Å². The maximum atomic E-state index is 12.6. The van der Waals surface area contributed by atoms with E-state index in [1.807, 2.05) is 31.2 Å². The summed E-state index contributed by atoms with van der Waals surface area (Å²) < 4.78 is 55.0. The summed E-state index contributed by atoms with van der Waals surface area (Å²) in [5.41, 5.74) is 1.50. The highest BCUT2D eigenvalue weighted by molar-refractivity contribution is 7.89. The first-order valence-electron chi connectivity index (χ1n) is 9.88. The van der Waals surface area contributed by atoms with Crippen molar-refractivity contribution in [3.05, 3.63) is 102 Å². The summed E-state index contributed by atoms with van der Waals surface area (Å²) in [6.07, 6.45) is 1.31. The van der Waals surface area contributed by atoms with Crippen molar-refractivity contribution in [2.45, 2.75) is 16.7 Å². The fourth-order valence-corrected chi connectivity index (χ4v) is 4.81. The van der Waals surface area contributed by atoms with Crippen LogP contribution in [0.15, 0.2) is 106 Å². The molecule has 168 valence electrons. The van der Waals surface area contributed by atoms with E-state index in [9.17, 15) is 16.8 Å². The Morgan fingerprint density at radius 3 is 2.09 bits per heavy atom. The van der Waals surface area contributed by atoms with Crippen molar-refractivity contribution in [3.63, 3.8) is 0 Å². The molecule has 0 aliphatic rings. The molecule has 0 heterocycles. The third-order valence-electron chi connectivity index (χ3n) is 4.81. The molecule has 0 unspecified atom stereocenters. The smallest absolute Gasteiger partial charge is 0.339 e. The van der Waals surface area contributed by atoms with Crippen molar-refractivity contribution in [3.8, 4) is 5.75 Å². The van der Waals surface area contributed by atoms with Crippen molar-refractivity contribution in [2.24, 2.45) is 5.10 Å². The average molecular weight is 481 g/mol. The number of sulfonamides is 1. The summed E-state index contributed by atoms with van der Waals surface area (Å²) in [5, 5.41) is 5.49. The topological polar surface area (TPSA) is 102 Å². The second-order valence-corrected chi connectivity index (χ2v) is 10.5. The van der Waals surface area contributed by atoms with Crippen LogP contribution in [-0.4, -0.2) is 23.1 Å². The molecule has 9 heteroatoms. The van der Waals surface area contributed by atoms with E-state index in [4.69, 9.17) is 4.18 Å². The van der Waals surface area contributed by atoms with Crippen molar-refractivity contribution in [1.29, 1.82) is 0 Å². The second kappa shape index (κ2) is 9.05. The molecule has 7 nitrogen and oxygen atoms in total. The number of nitrogens with zero attached hydrogens (tertiary/aromatic N) is 1. The third-order valence-corrected chi connectivity index (χ3v) is 7.30. The number of fused-ring (bicyclic) bond motifs is 1. The Balaban J connectivity index is 1.43. The lowest BCUT2D eigenvalue weighted by molar-refractivity contribution is 0.486. The van der Waals surface area contributed by atoms with Gasteiger partial charge in [-0.05, 0) is 71.8 Å². The molecule has 33 heavy (non-hydrogen) atoms. The van der Waals surface area contributed by atoms with E-state index >= 15 is 0 Å². The summed E-state index contributed by atoms with van der Waals surface area (Å²) in [5.74, 6) is 0.126. The number of hydrogen-bond acceptors (Lipinski definition) is 6. The summed E-state index contributed by atoms with van der Waals surface area (Å²) in [4.78, 5) is 2.30. The molecule has 0 radical (unpaired) electrons. The largest absolute Gasteiger partial charge is 0.379 e. The van der Waals surface area contributed by atoms with Crippen molar-refractivity contribution < 1.29 is 21.0 Å². The van der Waals surface area contributed by atoms with Crippen molar-refractivity contribution in [1.82, 2.24) is 4.83 Å². The summed E-state index contributed by atoms with van der Waals surface area (Å²) in [7, 11) is -7.79. The SMILES string of the molecule is Cc1ccc(S(=O)(=O)NN=Cc2ccc(OS(=O)(=O)c3ccc4ccccc4c3)cc2)cc1. The molecule has 0 atom stereocenters. The third kappa shape index (κ3) is 5.39. The zero-order valence-electron chi connectivity index (χ0n) is 17.5. The Labute approximate surface area is 192 Å². The zero-order chi connectivity index (χ0) is 23.5. The van der Waals surface area contributed by atoms with Crippen LogP contribution in [0.2, 0.25) is 0 Å². The molecule has 0 saturated heterocycles. The molecule has 0 aliphatic heterocycles. The van der Waals surface area contributed by atoms with Gasteiger partial charge in [-0.2, -0.15) is 21.9 Å². The minimum absolute atomic E-state index is 0.0531. The standard InChI is InChI=1S/C24H20N2O5S2/c1-18-6-13-23(14-7-18)32(27,28)26-25-17-19-8-11-22(12-9-19)31-33(29,30)24-15-10-20-4-2-3-5-21(20)16-24/h2-17,26H,1H3. The van der Waals surface area contributed by atoms with E-state index in [2.05, 4.69) is 9.93 Å². The molecule has 0 spiro atoms. The molecule has 0 aliphatic carbocycles. The van der Waals surface area contributed by atoms with Gasteiger partial charge in [0.05, 0.1) is 11.1 Å². The summed E-state index contributed by atoms with van der Waals surface area (Å²) in [6, 6.07) is 24.7. The van der Waals surface area contributed by atoms with E-state index < -0.39 is 20.1 Å². The van der Waals surface area contributed by atoms with E-state index in [0.29, 0.717) is 5.56 Å². The predicted octanol–water partition coefficient (Wildman–Crippen LogP) is 4.23. The summed E-state index contributed by atoms with van der Waals surface area (Å²) >= 11 is 0. The quantitative estimate of drug-likeness (QED) is 0.242. The van der Waals surface area contributed by atoms with Crippen LogP contribution in [0, 0.1) is 6.92 Å². The van der Waals surface area contributed by atoms with Gasteiger partial charge in [0.25, 0.3) is 10.0 Å². The lowest BCUT2D eigenvalue weighted by Gasteiger charge is -2.08. The Kier molecular flexibility index (Phi) is 6.17. The van der Waals surface area contributed by atoms with Gasteiger partial charge in [0.2, 0.25) is 0 Å². The molecule has 0 aromatic heterocycles. The first-order valence-corrected chi connectivity index (χ1v) is 12.8. The van der Waals surface area contributed by atoms with Crippen LogP contribution in [0.5, 0.6) is 5.75 Å². The Bertz CT molecular complexity index is 1530. The molecule has 1 N–H and O–H groups in total. The number of hydrogen-bond donors (Lipinski definition) is 1. The summed E-state index contributed by atoms with van der Waals surface area (Å²) in [6.45, 7) is 1.86. The van der Waals surface area contributed by atoms with Gasteiger partial charge in [-0.15, -0.1) is 0 Å². The maximum Gasteiger partial charge on any atom is 0.339 e. The Morgan fingerprint density at radius 1 is 0.758 bits per heavy atom. The Hall–Kier alpha value is -3.69. The van der Waals surface area contributed by atoms with Crippen molar-refractivity contribution in [2.75, 3.05) is 0 Å². The maximum absolute atomic E-state index is 12.6. The lowest BCUT2D eigenvalue weighted by Crippen LogP contribution is -2.18. The minimum Gasteiger partial charge on any atom is -0.379 e. The number of benzene rings is 4. The predicted molar refractivity (Wildman–Crippen MR) is 127 cm³/mol. The molecule has 4 aromatic carbocycles. The van der Waals surface area contributed by atoms with Crippen LogP contribution in [0.25, 0.3) is 10.8 Å². The van der Waals surface area contributed by atoms with Crippen LogP contribution < -0.4 is 9.01 Å². The van der Waals surface area contributed by atoms with Gasteiger partial charge in [0.15, 0.2) is 0 Å². The van der Waals surface area contributed by atoms with Crippen LogP contribution in [0.3, 0.4) is 0 Å². The van der Waals surface area contributed by atoms with Gasteiger partial charge in [-0.1, -0.05) is 48.0 Å². The highest BCUT2D eigenvalue weighted by atomic mass is 32.2. The van der Waals surface area contributed by atoms with E-state index in [0.717, 1.165) is 16.3 Å². The van der Waals surface area contributed by atoms with E-state index in [-0.39, 0.29) is 15.5 Å². The molecular formula is C24H20N2O5S2. The van der Waals surface area contributed by atoms with Crippen molar-refractivity contribution >= 4 is 37.1 Å². The normalized spacial score (nSPS) is 12.2. The molecular weight excluding hydrogens is 460 g/mol. The van der Waals surface area contributed by atoms with Gasteiger partial charge in [-0.25, -0.2) is 4.83 Å². The molecule has 4 rings (SSSR count). The van der Waals surface area contributed by atoms with Crippen LogP contribution >= 0.6 is 0 Å². The van der Waals surface area contributed by atoms with Crippen LogP contribution in [0.1, 0.15) is 11.1 Å². The molecule has 0 amide bonds. The van der Waals surface area contributed by atoms with Crippen LogP contribution in [-0.2, 0) is 20.1 Å². The number of hydrazone groups is 1. The second-order valence-electron chi connectivity index (χ2n) is 7.28. The molecule has 4 aromatic rings. The molecule has 0 saturated carbocycles. The average Bonchev–Trinajstić information content (AvgIpc) is 2.80. The highest BCUT2D eigenvalue weighted by Crippen LogP contribution is 2.23. The number of aryl methyl sites for hydroxylation is 1.